The van der Waals surface area contributed by atoms with Gasteiger partial charge in [-0.25, -0.2) is 5.43 Å². The number of hydrazone groups is 1. The van der Waals surface area contributed by atoms with Gasteiger partial charge in [-0.15, -0.1) is 0 Å². The summed E-state index contributed by atoms with van der Waals surface area (Å²) in [6.45, 7) is 3.57. The third-order valence-electron chi connectivity index (χ3n) is 4.83. The number of rotatable bonds is 8. The minimum atomic E-state index is -0.844. The third kappa shape index (κ3) is 6.60. The van der Waals surface area contributed by atoms with E-state index >= 15 is 0 Å². The van der Waals surface area contributed by atoms with E-state index in [1.54, 1.807) is 50.2 Å². The molecule has 0 radical (unpaired) electrons. The highest BCUT2D eigenvalue weighted by molar-refractivity contribution is 6.36. The first kappa shape index (κ1) is 26.2. The van der Waals surface area contributed by atoms with Gasteiger partial charge in [0.2, 0.25) is 0 Å². The fourth-order valence-electron chi connectivity index (χ4n) is 3.02. The zero-order valence-corrected chi connectivity index (χ0v) is 20.7. The normalized spacial score (nSPS) is 12.1. The second-order valence-electron chi connectivity index (χ2n) is 7.68. The SMILES string of the molecule is CC(C)C(NC(=O)c1ccc(Cl)cc1)C(=O)NN=Cc1ccc(-c2cc(Cl)c([N+](=O)[O-])cc2Cl)o1. The topological polar surface area (TPSA) is 127 Å². The summed E-state index contributed by atoms with van der Waals surface area (Å²) < 4.78 is 5.63. The van der Waals surface area contributed by atoms with Crippen LogP contribution in [0.25, 0.3) is 11.3 Å². The van der Waals surface area contributed by atoms with Crippen LogP contribution >= 0.6 is 34.8 Å². The monoisotopic (exact) mass is 536 g/mol. The van der Waals surface area contributed by atoms with Crippen molar-refractivity contribution in [1.29, 1.82) is 0 Å². The number of hydrogen-bond donors (Lipinski definition) is 2. The number of nitrogens with zero attached hydrogens (tertiary/aromatic N) is 2. The number of hydrogen-bond acceptors (Lipinski definition) is 6. The molecule has 0 spiro atoms. The summed E-state index contributed by atoms with van der Waals surface area (Å²) >= 11 is 17.9. The van der Waals surface area contributed by atoms with Gasteiger partial charge in [-0.3, -0.25) is 19.7 Å². The third-order valence-corrected chi connectivity index (χ3v) is 5.70. The van der Waals surface area contributed by atoms with Gasteiger partial charge in [0.1, 0.15) is 22.6 Å². The lowest BCUT2D eigenvalue weighted by Crippen LogP contribution is -2.48. The number of nitro groups is 1. The number of carbonyl (C=O) groups is 2. The van der Waals surface area contributed by atoms with Crippen LogP contribution in [0.1, 0.15) is 30.0 Å². The molecule has 3 rings (SSSR count). The van der Waals surface area contributed by atoms with Crippen LogP contribution in [0.15, 0.2) is 58.0 Å². The van der Waals surface area contributed by atoms with Crippen molar-refractivity contribution in [2.45, 2.75) is 19.9 Å². The van der Waals surface area contributed by atoms with E-state index in [-0.39, 0.29) is 27.4 Å². The average Bonchev–Trinajstić information content (AvgIpc) is 3.27. The highest BCUT2D eigenvalue weighted by atomic mass is 35.5. The van der Waals surface area contributed by atoms with Crippen LogP contribution < -0.4 is 10.7 Å². The van der Waals surface area contributed by atoms with E-state index in [0.29, 0.717) is 21.9 Å². The Hall–Kier alpha value is -3.40. The molecule has 12 heteroatoms. The zero-order valence-electron chi connectivity index (χ0n) is 18.4. The van der Waals surface area contributed by atoms with Crippen LogP contribution in [0.3, 0.4) is 0 Å². The van der Waals surface area contributed by atoms with Crippen molar-refractivity contribution in [2.75, 3.05) is 0 Å². The molecule has 2 N–H and O–H groups in total. The quantitative estimate of drug-likeness (QED) is 0.216. The van der Waals surface area contributed by atoms with Gasteiger partial charge < -0.3 is 9.73 Å². The summed E-state index contributed by atoms with van der Waals surface area (Å²) in [5.41, 5.74) is 2.78. The molecule has 3 aromatic rings. The van der Waals surface area contributed by atoms with E-state index in [1.165, 1.54) is 12.3 Å². The van der Waals surface area contributed by atoms with E-state index in [4.69, 9.17) is 39.2 Å². The summed E-state index contributed by atoms with van der Waals surface area (Å²) in [5, 5.41) is 18.1. The van der Waals surface area contributed by atoms with Crippen molar-refractivity contribution in [3.63, 3.8) is 0 Å². The van der Waals surface area contributed by atoms with Gasteiger partial charge in [0.25, 0.3) is 17.5 Å². The predicted molar refractivity (Wildman–Crippen MR) is 134 cm³/mol. The first-order chi connectivity index (χ1) is 16.6. The fraction of sp³-hybridized carbons (Fsp3) is 0.174. The molecule has 2 aromatic carbocycles. The van der Waals surface area contributed by atoms with Crippen LogP contribution in [0.2, 0.25) is 15.1 Å². The Morgan fingerprint density at radius 1 is 1.06 bits per heavy atom. The second kappa shape index (κ2) is 11.4. The van der Waals surface area contributed by atoms with Gasteiger partial charge in [-0.2, -0.15) is 5.10 Å². The molecule has 1 heterocycles. The largest absolute Gasteiger partial charge is 0.455 e. The van der Waals surface area contributed by atoms with Crippen molar-refractivity contribution in [2.24, 2.45) is 11.0 Å². The lowest BCUT2D eigenvalue weighted by Gasteiger charge is -2.20. The molecule has 0 fully saturated rings. The van der Waals surface area contributed by atoms with E-state index in [1.807, 2.05) is 0 Å². The van der Waals surface area contributed by atoms with E-state index in [9.17, 15) is 19.7 Å². The maximum Gasteiger partial charge on any atom is 0.289 e. The number of carbonyl (C=O) groups excluding carboxylic acids is 2. The van der Waals surface area contributed by atoms with Gasteiger partial charge in [0.05, 0.1) is 16.2 Å². The van der Waals surface area contributed by atoms with Gasteiger partial charge in [-0.1, -0.05) is 48.7 Å². The number of furan rings is 1. The maximum atomic E-state index is 12.6. The van der Waals surface area contributed by atoms with Gasteiger partial charge in [-0.05, 0) is 48.4 Å². The zero-order chi connectivity index (χ0) is 25.7. The molecule has 1 unspecified atom stereocenters. The molecule has 9 nitrogen and oxygen atoms in total. The van der Waals surface area contributed by atoms with Gasteiger partial charge in [0.15, 0.2) is 0 Å². The van der Waals surface area contributed by atoms with Crippen LogP contribution in [-0.2, 0) is 4.79 Å². The number of amides is 2. The Bertz CT molecular complexity index is 1290. The summed E-state index contributed by atoms with van der Waals surface area (Å²) in [5.74, 6) is -0.581. The minimum absolute atomic E-state index is 0.0865. The summed E-state index contributed by atoms with van der Waals surface area (Å²) in [4.78, 5) is 35.4. The highest BCUT2D eigenvalue weighted by Crippen LogP contribution is 2.37. The molecule has 0 saturated carbocycles. The standard InChI is InChI=1S/C23H19Cl3N4O5/c1-12(2)21(28-22(31)13-3-5-14(24)6-4-13)23(32)29-27-11-15-7-8-20(35-15)16-9-18(26)19(30(33)34)10-17(16)25/h3-12,21H,1-2H3,(H,28,31)(H,29,32). The number of benzene rings is 2. The van der Waals surface area contributed by atoms with Crippen molar-refractivity contribution in [3.8, 4) is 11.3 Å². The molecule has 0 saturated heterocycles. The van der Waals surface area contributed by atoms with Gasteiger partial charge in [0, 0.05) is 22.2 Å². The molecule has 1 aromatic heterocycles. The van der Waals surface area contributed by atoms with Crippen LogP contribution in [0.4, 0.5) is 5.69 Å². The fourth-order valence-corrected chi connectivity index (χ4v) is 3.63. The molecule has 0 bridgehead atoms. The maximum absolute atomic E-state index is 12.6. The summed E-state index contributed by atoms with van der Waals surface area (Å²) in [6.07, 6.45) is 1.26. The molecule has 0 aliphatic carbocycles. The predicted octanol–water partition coefficient (Wildman–Crippen LogP) is 5.72. The van der Waals surface area contributed by atoms with Crippen molar-refractivity contribution in [1.82, 2.24) is 10.7 Å². The molecule has 0 aliphatic rings. The lowest BCUT2D eigenvalue weighted by atomic mass is 10.0. The number of halogens is 3. The van der Waals surface area contributed by atoms with Gasteiger partial charge >= 0.3 is 0 Å². The Kier molecular flexibility index (Phi) is 8.50. The van der Waals surface area contributed by atoms with Crippen molar-refractivity contribution < 1.29 is 18.9 Å². The average molecular weight is 538 g/mol. The number of nitro benzene ring substituents is 1. The van der Waals surface area contributed by atoms with E-state index < -0.39 is 22.8 Å². The summed E-state index contributed by atoms with van der Waals surface area (Å²) in [7, 11) is 0. The molecule has 1 atom stereocenters. The van der Waals surface area contributed by atoms with E-state index in [2.05, 4.69) is 15.8 Å². The number of nitrogens with one attached hydrogen (secondary N) is 2. The Labute approximate surface area is 215 Å². The molecular formula is C23H19Cl3N4O5. The first-order valence-electron chi connectivity index (χ1n) is 10.2. The van der Waals surface area contributed by atoms with Crippen molar-refractivity contribution in [3.05, 3.63) is 85.0 Å². The molecule has 2 amide bonds. The smallest absolute Gasteiger partial charge is 0.289 e. The highest BCUT2D eigenvalue weighted by Gasteiger charge is 2.24. The van der Waals surface area contributed by atoms with Crippen molar-refractivity contribution >= 4 is 58.5 Å². The summed E-state index contributed by atoms with van der Waals surface area (Å²) in [6, 6.07) is 11.1. The second-order valence-corrected chi connectivity index (χ2v) is 8.93. The molecule has 0 aliphatic heterocycles. The minimum Gasteiger partial charge on any atom is -0.455 e. The van der Waals surface area contributed by atoms with E-state index in [0.717, 1.165) is 6.07 Å². The lowest BCUT2D eigenvalue weighted by molar-refractivity contribution is -0.384. The Morgan fingerprint density at radius 2 is 1.74 bits per heavy atom. The van der Waals surface area contributed by atoms with Crippen LogP contribution in [-0.4, -0.2) is 29.0 Å². The first-order valence-corrected chi connectivity index (χ1v) is 11.3. The Balaban J connectivity index is 1.67. The molecule has 35 heavy (non-hydrogen) atoms. The van der Waals surface area contributed by atoms with Crippen LogP contribution in [0.5, 0.6) is 0 Å². The molecule has 182 valence electrons. The Morgan fingerprint density at radius 3 is 2.37 bits per heavy atom. The molecular weight excluding hydrogens is 519 g/mol. The van der Waals surface area contributed by atoms with Crippen LogP contribution in [0, 0.1) is 16.0 Å².